The van der Waals surface area contributed by atoms with Crippen molar-refractivity contribution in [3.8, 4) is 0 Å². The molecule has 0 aromatic carbocycles. The molecule has 0 saturated carbocycles. The van der Waals surface area contributed by atoms with Crippen LogP contribution >= 0.6 is 11.3 Å². The Hall–Kier alpha value is -2.68. The van der Waals surface area contributed by atoms with Gasteiger partial charge in [-0.1, -0.05) is 0 Å². The summed E-state index contributed by atoms with van der Waals surface area (Å²) >= 11 is 1.28. The van der Waals surface area contributed by atoms with Gasteiger partial charge in [0.1, 0.15) is 10.7 Å². The molecule has 3 aromatic heterocycles. The number of carbonyl (C=O) groups is 1. The fourth-order valence-corrected chi connectivity index (χ4v) is 3.04. The van der Waals surface area contributed by atoms with E-state index in [0.29, 0.717) is 10.2 Å². The first-order valence-corrected chi connectivity index (χ1v) is 7.93. The van der Waals surface area contributed by atoms with E-state index in [4.69, 9.17) is 0 Å². The second kappa shape index (κ2) is 6.21. The molecule has 3 heterocycles. The second-order valence-corrected chi connectivity index (χ2v) is 5.92. The van der Waals surface area contributed by atoms with Gasteiger partial charge in [-0.25, -0.2) is 4.79 Å². The molecular formula is C14H15N5O3S. The quantitative estimate of drug-likeness (QED) is 0.702. The van der Waals surface area contributed by atoms with Gasteiger partial charge in [-0.3, -0.25) is 18.8 Å². The molecule has 8 nitrogen and oxygen atoms in total. The zero-order chi connectivity index (χ0) is 16.4. The van der Waals surface area contributed by atoms with E-state index < -0.39 is 11.7 Å². The first-order valence-electron chi connectivity index (χ1n) is 7.05. The maximum Gasteiger partial charge on any atom is 0.328 e. The molecule has 1 amide bonds. The van der Waals surface area contributed by atoms with Crippen molar-refractivity contribution in [3.63, 3.8) is 0 Å². The number of amides is 1. The van der Waals surface area contributed by atoms with Gasteiger partial charge in [-0.15, -0.1) is 11.3 Å². The van der Waals surface area contributed by atoms with Crippen molar-refractivity contribution in [1.29, 1.82) is 0 Å². The summed E-state index contributed by atoms with van der Waals surface area (Å²) in [5.74, 6) is -0.227. The number of thiophene rings is 1. The number of fused-ring (bicyclic) bond motifs is 1. The fourth-order valence-electron chi connectivity index (χ4n) is 2.24. The highest BCUT2D eigenvalue weighted by atomic mass is 32.1. The van der Waals surface area contributed by atoms with Crippen molar-refractivity contribution in [2.75, 3.05) is 6.54 Å². The minimum Gasteiger partial charge on any atom is -0.352 e. The van der Waals surface area contributed by atoms with Gasteiger partial charge in [0.25, 0.3) is 5.56 Å². The van der Waals surface area contributed by atoms with Crippen LogP contribution in [0.1, 0.15) is 13.0 Å². The smallest absolute Gasteiger partial charge is 0.328 e. The summed E-state index contributed by atoms with van der Waals surface area (Å²) in [6.07, 6.45) is 3.29. The maximum atomic E-state index is 12.2. The first kappa shape index (κ1) is 15.2. The van der Waals surface area contributed by atoms with Crippen LogP contribution in [0.15, 0.2) is 39.5 Å². The highest BCUT2D eigenvalue weighted by molar-refractivity contribution is 7.17. The van der Waals surface area contributed by atoms with E-state index in [1.807, 2.05) is 0 Å². The van der Waals surface area contributed by atoms with Gasteiger partial charge in [0, 0.05) is 25.5 Å². The summed E-state index contributed by atoms with van der Waals surface area (Å²) in [5, 5.41) is 8.46. The van der Waals surface area contributed by atoms with Crippen molar-refractivity contribution < 1.29 is 4.79 Å². The van der Waals surface area contributed by atoms with Gasteiger partial charge >= 0.3 is 5.69 Å². The van der Waals surface area contributed by atoms with Crippen LogP contribution in [-0.2, 0) is 11.3 Å². The lowest BCUT2D eigenvalue weighted by molar-refractivity contribution is -0.124. The van der Waals surface area contributed by atoms with Crippen molar-refractivity contribution in [2.24, 2.45) is 0 Å². The normalized spacial score (nSPS) is 12.4. The van der Waals surface area contributed by atoms with E-state index in [-0.39, 0.29) is 24.6 Å². The average Bonchev–Trinajstić information content (AvgIpc) is 3.20. The van der Waals surface area contributed by atoms with E-state index in [0.717, 1.165) is 4.57 Å². The number of nitrogens with one attached hydrogen (secondary N) is 2. The van der Waals surface area contributed by atoms with Gasteiger partial charge in [-0.2, -0.15) is 5.10 Å². The highest BCUT2D eigenvalue weighted by Gasteiger charge is 2.15. The van der Waals surface area contributed by atoms with E-state index in [9.17, 15) is 14.4 Å². The minimum absolute atomic E-state index is 0.111. The lowest BCUT2D eigenvalue weighted by Crippen LogP contribution is -2.40. The number of aromatic amines is 1. The Morgan fingerprint density at radius 3 is 3.04 bits per heavy atom. The zero-order valence-electron chi connectivity index (χ0n) is 12.4. The van der Waals surface area contributed by atoms with E-state index in [1.165, 1.54) is 16.0 Å². The largest absolute Gasteiger partial charge is 0.352 e. The fraction of sp³-hybridized carbons (Fsp3) is 0.286. The lowest BCUT2D eigenvalue weighted by atomic mass is 10.3. The summed E-state index contributed by atoms with van der Waals surface area (Å²) < 4.78 is 3.13. The van der Waals surface area contributed by atoms with Crippen molar-refractivity contribution in [2.45, 2.75) is 19.5 Å². The molecule has 1 atom stereocenters. The molecule has 120 valence electrons. The van der Waals surface area contributed by atoms with Crippen LogP contribution in [0.4, 0.5) is 0 Å². The molecule has 0 radical (unpaired) electrons. The number of H-pyrrole nitrogens is 1. The number of hydrogen-bond acceptors (Lipinski definition) is 5. The molecule has 0 bridgehead atoms. The summed E-state index contributed by atoms with van der Waals surface area (Å²) in [6.45, 7) is 2.02. The third kappa shape index (κ3) is 2.95. The molecule has 0 aliphatic rings. The van der Waals surface area contributed by atoms with Crippen molar-refractivity contribution >= 4 is 27.5 Å². The predicted molar refractivity (Wildman–Crippen MR) is 86.7 cm³/mol. The molecule has 0 aliphatic heterocycles. The number of aromatic nitrogens is 4. The molecule has 9 heteroatoms. The summed E-state index contributed by atoms with van der Waals surface area (Å²) in [5.41, 5.74) is -0.277. The van der Waals surface area contributed by atoms with Crippen molar-refractivity contribution in [1.82, 2.24) is 24.6 Å². The second-order valence-electron chi connectivity index (χ2n) is 5.00. The van der Waals surface area contributed by atoms with E-state index in [1.54, 1.807) is 36.8 Å². The van der Waals surface area contributed by atoms with Crippen molar-refractivity contribution in [3.05, 3.63) is 50.7 Å². The molecule has 0 saturated heterocycles. The third-order valence-electron chi connectivity index (χ3n) is 3.53. The van der Waals surface area contributed by atoms with Gasteiger partial charge in [0.05, 0.1) is 5.52 Å². The number of rotatable bonds is 5. The number of hydrogen-bond donors (Lipinski definition) is 2. The molecule has 23 heavy (non-hydrogen) atoms. The molecule has 3 rings (SSSR count). The number of carbonyl (C=O) groups excluding carboxylic acids is 1. The van der Waals surface area contributed by atoms with Crippen LogP contribution in [0.3, 0.4) is 0 Å². The molecular weight excluding hydrogens is 318 g/mol. The number of nitrogens with zero attached hydrogens (tertiary/aromatic N) is 3. The predicted octanol–water partition coefficient (Wildman–Crippen LogP) is 0.325. The summed E-state index contributed by atoms with van der Waals surface area (Å²) in [4.78, 5) is 38.8. The van der Waals surface area contributed by atoms with E-state index >= 15 is 0 Å². The standard InChI is InChI=1S/C14H15N5O3S/c1-9(19-6-2-4-16-19)12(20)15-5-7-18-13(21)11-10(3-8-23-11)17-14(18)22/h2-4,6,8-9H,5,7H2,1H3,(H,15,20)(H,17,22)/t9-/m0/s1. The molecule has 2 N–H and O–H groups in total. The zero-order valence-corrected chi connectivity index (χ0v) is 13.2. The Morgan fingerprint density at radius 1 is 1.48 bits per heavy atom. The Morgan fingerprint density at radius 2 is 2.30 bits per heavy atom. The van der Waals surface area contributed by atoms with Crippen LogP contribution in [-0.4, -0.2) is 31.8 Å². The maximum absolute atomic E-state index is 12.2. The SMILES string of the molecule is C[C@@H](C(=O)NCCn1c(=O)[nH]c2ccsc2c1=O)n1cccn1. The average molecular weight is 333 g/mol. The molecule has 0 fully saturated rings. The molecule has 3 aromatic rings. The minimum atomic E-state index is -0.477. The molecule has 0 unspecified atom stereocenters. The Labute approximate surface area is 134 Å². The van der Waals surface area contributed by atoms with Gasteiger partial charge in [0.2, 0.25) is 5.91 Å². The van der Waals surface area contributed by atoms with Crippen LogP contribution in [0.2, 0.25) is 0 Å². The summed E-state index contributed by atoms with van der Waals surface area (Å²) in [7, 11) is 0. The molecule has 0 aliphatic carbocycles. The van der Waals surface area contributed by atoms with E-state index in [2.05, 4.69) is 15.4 Å². The van der Waals surface area contributed by atoms with Crippen LogP contribution < -0.4 is 16.6 Å². The van der Waals surface area contributed by atoms with Gasteiger partial charge < -0.3 is 10.3 Å². The lowest BCUT2D eigenvalue weighted by Gasteiger charge is -2.12. The third-order valence-corrected chi connectivity index (χ3v) is 4.43. The Bertz CT molecular complexity index is 937. The Balaban J connectivity index is 1.68. The first-order chi connectivity index (χ1) is 11.1. The van der Waals surface area contributed by atoms with Gasteiger partial charge in [0.15, 0.2) is 0 Å². The monoisotopic (exact) mass is 333 g/mol. The topological polar surface area (TPSA) is 102 Å². The Kier molecular flexibility index (Phi) is 4.11. The van der Waals surface area contributed by atoms with Crippen LogP contribution in [0, 0.1) is 0 Å². The highest BCUT2D eigenvalue weighted by Crippen LogP contribution is 2.11. The van der Waals surface area contributed by atoms with Crippen LogP contribution in [0.5, 0.6) is 0 Å². The summed E-state index contributed by atoms with van der Waals surface area (Å²) in [6, 6.07) is 2.97. The van der Waals surface area contributed by atoms with Crippen LogP contribution in [0.25, 0.3) is 10.2 Å². The molecule has 0 spiro atoms. The van der Waals surface area contributed by atoms with Gasteiger partial charge in [-0.05, 0) is 24.4 Å².